The van der Waals surface area contributed by atoms with Crippen LogP contribution < -0.4 is 4.74 Å². The summed E-state index contributed by atoms with van der Waals surface area (Å²) in [6.07, 6.45) is 7.86. The number of furan rings is 1. The van der Waals surface area contributed by atoms with E-state index in [1.807, 2.05) is 18.4 Å². The molecule has 0 amide bonds. The van der Waals surface area contributed by atoms with Gasteiger partial charge < -0.3 is 13.7 Å². The molecule has 0 bridgehead atoms. The molecule has 5 rings (SSSR count). The Bertz CT molecular complexity index is 953. The first-order valence-electron chi connectivity index (χ1n) is 10.3. The lowest BCUT2D eigenvalue weighted by atomic mass is 9.83. The van der Waals surface area contributed by atoms with Gasteiger partial charge in [0.05, 0.1) is 37.1 Å². The molecule has 2 aliphatic heterocycles. The molecule has 0 saturated carbocycles. The van der Waals surface area contributed by atoms with Gasteiger partial charge >= 0.3 is 0 Å². The van der Waals surface area contributed by atoms with Crippen molar-refractivity contribution in [3.63, 3.8) is 0 Å². The smallest absolute Gasteiger partial charge is 0.129 e. The Kier molecular flexibility index (Phi) is 4.68. The highest BCUT2D eigenvalue weighted by Crippen LogP contribution is 2.41. The number of ether oxygens (including phenoxy) is 1. The monoisotopic (exact) mass is 392 g/mol. The number of rotatable bonds is 4. The first-order valence-corrected chi connectivity index (χ1v) is 10.3. The number of aromatic nitrogens is 2. The van der Waals surface area contributed by atoms with E-state index in [-0.39, 0.29) is 5.54 Å². The van der Waals surface area contributed by atoms with E-state index in [2.05, 4.69) is 45.8 Å². The Hall–Kier alpha value is -2.57. The minimum atomic E-state index is 0.0237. The number of fused-ring (bicyclic) bond motifs is 2. The van der Waals surface area contributed by atoms with E-state index in [1.54, 1.807) is 13.4 Å². The lowest BCUT2D eigenvalue weighted by Crippen LogP contribution is -2.56. The van der Waals surface area contributed by atoms with Crippen LogP contribution in [0.4, 0.5) is 0 Å². The van der Waals surface area contributed by atoms with Gasteiger partial charge in [-0.3, -0.25) is 9.80 Å². The van der Waals surface area contributed by atoms with Crippen molar-refractivity contribution in [3.05, 3.63) is 60.4 Å². The Morgan fingerprint density at radius 3 is 2.55 bits per heavy atom. The largest absolute Gasteiger partial charge is 0.497 e. The van der Waals surface area contributed by atoms with E-state index < -0.39 is 0 Å². The van der Waals surface area contributed by atoms with Gasteiger partial charge in [-0.05, 0) is 50.2 Å². The van der Waals surface area contributed by atoms with E-state index in [1.165, 1.54) is 22.6 Å². The second-order valence-electron chi connectivity index (χ2n) is 8.21. The van der Waals surface area contributed by atoms with Crippen molar-refractivity contribution >= 4 is 0 Å². The molecule has 0 radical (unpaired) electrons. The molecule has 1 saturated heterocycles. The summed E-state index contributed by atoms with van der Waals surface area (Å²) in [7, 11) is 3.96. The van der Waals surface area contributed by atoms with Gasteiger partial charge in [-0.1, -0.05) is 0 Å². The molecule has 6 nitrogen and oxygen atoms in total. The van der Waals surface area contributed by atoms with Crippen LogP contribution in [-0.2, 0) is 18.6 Å². The van der Waals surface area contributed by atoms with E-state index >= 15 is 0 Å². The number of imidazole rings is 1. The molecule has 2 aliphatic rings. The molecular weight excluding hydrogens is 364 g/mol. The fourth-order valence-corrected chi connectivity index (χ4v) is 4.93. The Morgan fingerprint density at radius 1 is 1.07 bits per heavy atom. The summed E-state index contributed by atoms with van der Waals surface area (Å²) in [5.74, 6) is 2.10. The van der Waals surface area contributed by atoms with Crippen molar-refractivity contribution in [1.29, 1.82) is 0 Å². The summed E-state index contributed by atoms with van der Waals surface area (Å²) in [6, 6.07) is 10.4. The van der Waals surface area contributed by atoms with Crippen molar-refractivity contribution in [2.24, 2.45) is 0 Å². The molecule has 0 N–H and O–H groups in total. The van der Waals surface area contributed by atoms with Crippen molar-refractivity contribution < 1.29 is 9.15 Å². The van der Waals surface area contributed by atoms with Gasteiger partial charge in [-0.2, -0.15) is 0 Å². The normalized spacial score (nSPS) is 19.4. The number of hydrogen-bond donors (Lipinski definition) is 0. The maximum atomic E-state index is 5.31. The minimum Gasteiger partial charge on any atom is -0.497 e. The molecule has 6 heteroatoms. The SMILES string of the molecule is COc1ccc(-c2cnc3n2CCN(C)C32CCN(Cc3ccoc3)CC2)cc1. The van der Waals surface area contributed by atoms with Crippen LogP contribution in [-0.4, -0.2) is 53.1 Å². The van der Waals surface area contributed by atoms with Crippen molar-refractivity contribution in [2.45, 2.75) is 31.5 Å². The molecule has 1 fully saturated rings. The van der Waals surface area contributed by atoms with Gasteiger partial charge in [0.2, 0.25) is 0 Å². The van der Waals surface area contributed by atoms with E-state index in [0.29, 0.717) is 0 Å². The second-order valence-corrected chi connectivity index (χ2v) is 8.21. The van der Waals surface area contributed by atoms with Gasteiger partial charge in [0.1, 0.15) is 11.6 Å². The van der Waals surface area contributed by atoms with Crippen molar-refractivity contribution in [1.82, 2.24) is 19.4 Å². The maximum absolute atomic E-state index is 5.31. The summed E-state index contributed by atoms with van der Waals surface area (Å²) in [6.45, 7) is 5.13. The van der Waals surface area contributed by atoms with Crippen molar-refractivity contribution in [2.75, 3.05) is 33.8 Å². The van der Waals surface area contributed by atoms with Crippen LogP contribution in [0.2, 0.25) is 0 Å². The van der Waals surface area contributed by atoms with Gasteiger partial charge in [-0.25, -0.2) is 4.98 Å². The predicted octanol–water partition coefficient (Wildman–Crippen LogP) is 3.59. The standard InChI is InChI=1S/C23H28N4O2/c1-25-12-13-27-21(19-3-5-20(28-2)6-4-19)15-24-22(27)23(25)8-10-26(11-9-23)16-18-7-14-29-17-18/h3-7,14-15,17H,8-13,16H2,1-2H3. The van der Waals surface area contributed by atoms with E-state index in [9.17, 15) is 0 Å². The Balaban J connectivity index is 1.41. The number of piperidine rings is 1. The molecule has 1 aromatic carbocycles. The first kappa shape index (κ1) is 18.5. The fraction of sp³-hybridized carbons (Fsp3) is 0.435. The summed E-state index contributed by atoms with van der Waals surface area (Å²) in [4.78, 5) is 10.0. The lowest BCUT2D eigenvalue weighted by molar-refractivity contribution is 0.00697. The Morgan fingerprint density at radius 2 is 1.86 bits per heavy atom. The predicted molar refractivity (Wildman–Crippen MR) is 112 cm³/mol. The fourth-order valence-electron chi connectivity index (χ4n) is 4.93. The molecular formula is C23H28N4O2. The lowest BCUT2D eigenvalue weighted by Gasteiger charge is -2.49. The van der Waals surface area contributed by atoms with Crippen LogP contribution in [0.25, 0.3) is 11.3 Å². The number of benzene rings is 1. The quantitative estimate of drug-likeness (QED) is 0.679. The number of likely N-dealkylation sites (tertiary alicyclic amines) is 1. The molecule has 4 heterocycles. The molecule has 3 aromatic rings. The van der Waals surface area contributed by atoms with Crippen LogP contribution in [0.5, 0.6) is 5.75 Å². The van der Waals surface area contributed by atoms with E-state index in [4.69, 9.17) is 14.1 Å². The number of nitrogens with zero attached hydrogens (tertiary/aromatic N) is 4. The van der Waals surface area contributed by atoms with Gasteiger partial charge in [0, 0.05) is 43.9 Å². The minimum absolute atomic E-state index is 0.0237. The molecule has 0 aliphatic carbocycles. The molecule has 29 heavy (non-hydrogen) atoms. The average Bonchev–Trinajstić information content (AvgIpc) is 3.43. The summed E-state index contributed by atoms with van der Waals surface area (Å²) >= 11 is 0. The van der Waals surface area contributed by atoms with Gasteiger partial charge in [0.25, 0.3) is 0 Å². The number of methoxy groups -OCH3 is 1. The first-order chi connectivity index (χ1) is 14.2. The van der Waals surface area contributed by atoms with Crippen LogP contribution in [0, 0.1) is 0 Å². The molecule has 1 spiro atoms. The van der Waals surface area contributed by atoms with Crippen LogP contribution in [0.3, 0.4) is 0 Å². The van der Waals surface area contributed by atoms with Crippen LogP contribution >= 0.6 is 0 Å². The second kappa shape index (κ2) is 7.35. The topological polar surface area (TPSA) is 46.7 Å². The molecule has 0 unspecified atom stereocenters. The van der Waals surface area contributed by atoms with Crippen LogP contribution in [0.1, 0.15) is 24.2 Å². The van der Waals surface area contributed by atoms with Crippen LogP contribution in [0.15, 0.2) is 53.5 Å². The third-order valence-corrected chi connectivity index (χ3v) is 6.72. The maximum Gasteiger partial charge on any atom is 0.129 e. The third-order valence-electron chi connectivity index (χ3n) is 6.72. The molecule has 152 valence electrons. The summed E-state index contributed by atoms with van der Waals surface area (Å²) in [5, 5.41) is 0. The number of likely N-dealkylation sites (N-methyl/N-ethyl adjacent to an activating group) is 1. The summed E-state index contributed by atoms with van der Waals surface area (Å²) in [5.41, 5.74) is 3.68. The zero-order valence-electron chi connectivity index (χ0n) is 17.2. The summed E-state index contributed by atoms with van der Waals surface area (Å²) < 4.78 is 13.0. The van der Waals surface area contributed by atoms with Crippen molar-refractivity contribution in [3.8, 4) is 17.0 Å². The molecule has 0 atom stereocenters. The highest BCUT2D eigenvalue weighted by molar-refractivity contribution is 5.61. The van der Waals surface area contributed by atoms with Gasteiger partial charge in [-0.15, -0.1) is 0 Å². The zero-order chi connectivity index (χ0) is 19.8. The highest BCUT2D eigenvalue weighted by atomic mass is 16.5. The molecule has 2 aromatic heterocycles. The third kappa shape index (κ3) is 3.16. The van der Waals surface area contributed by atoms with E-state index in [0.717, 1.165) is 51.3 Å². The van der Waals surface area contributed by atoms with Gasteiger partial charge in [0.15, 0.2) is 0 Å². The zero-order valence-corrected chi connectivity index (χ0v) is 17.2. The Labute approximate surface area is 171 Å². The highest BCUT2D eigenvalue weighted by Gasteiger charge is 2.45. The average molecular weight is 393 g/mol. The number of hydrogen-bond acceptors (Lipinski definition) is 5.